The monoisotopic (exact) mass is 445 g/mol. The molecule has 1 aliphatic rings. The Labute approximate surface area is 195 Å². The molecular weight excluding hydrogens is 414 g/mol. The number of benzene rings is 2. The number of hydrogen-bond acceptors (Lipinski definition) is 4. The summed E-state index contributed by atoms with van der Waals surface area (Å²) in [7, 11) is 1.93. The van der Waals surface area contributed by atoms with Gasteiger partial charge in [0.05, 0.1) is 5.69 Å². The summed E-state index contributed by atoms with van der Waals surface area (Å²) in [5, 5.41) is 4.44. The Balaban J connectivity index is 1.34. The van der Waals surface area contributed by atoms with Crippen molar-refractivity contribution >= 4 is 11.7 Å². The van der Waals surface area contributed by atoms with E-state index >= 15 is 0 Å². The summed E-state index contributed by atoms with van der Waals surface area (Å²) < 4.78 is 7.68. The number of para-hydroxylation sites is 1. The van der Waals surface area contributed by atoms with Crippen molar-refractivity contribution in [3.05, 3.63) is 77.1 Å². The molecule has 3 aromatic rings. The SMILES string of the molecule is Cc1nn(C)c(C)c1CCC(=O)N1CCCC(C(=O)c2ccc(Oc3ccccc3)cc2)C1. The Morgan fingerprint density at radius 2 is 1.73 bits per heavy atom. The Kier molecular flexibility index (Phi) is 6.92. The van der Waals surface area contributed by atoms with E-state index in [0.29, 0.717) is 30.7 Å². The summed E-state index contributed by atoms with van der Waals surface area (Å²) in [5.74, 6) is 1.50. The molecule has 1 aromatic heterocycles. The molecular formula is C27H31N3O3. The maximum atomic E-state index is 13.1. The number of amides is 1. The minimum absolute atomic E-state index is 0.0951. The number of hydrogen-bond donors (Lipinski definition) is 0. The zero-order valence-corrected chi connectivity index (χ0v) is 19.6. The van der Waals surface area contributed by atoms with Gasteiger partial charge in [0.15, 0.2) is 5.78 Å². The lowest BCUT2D eigenvalue weighted by Crippen LogP contribution is -2.42. The van der Waals surface area contributed by atoms with Crippen molar-refractivity contribution < 1.29 is 14.3 Å². The summed E-state index contributed by atoms with van der Waals surface area (Å²) in [6.07, 6.45) is 2.79. The van der Waals surface area contributed by atoms with Gasteiger partial charge in [-0.3, -0.25) is 14.3 Å². The predicted molar refractivity (Wildman–Crippen MR) is 128 cm³/mol. The molecule has 6 nitrogen and oxygen atoms in total. The molecule has 0 radical (unpaired) electrons. The third-order valence-electron chi connectivity index (χ3n) is 6.51. The molecule has 4 rings (SSSR count). The van der Waals surface area contributed by atoms with Crippen LogP contribution in [0.5, 0.6) is 11.5 Å². The summed E-state index contributed by atoms with van der Waals surface area (Å²) in [4.78, 5) is 27.9. The number of ketones is 1. The van der Waals surface area contributed by atoms with Gasteiger partial charge in [0.25, 0.3) is 0 Å². The van der Waals surface area contributed by atoms with Gasteiger partial charge >= 0.3 is 0 Å². The molecule has 2 aromatic carbocycles. The molecule has 2 heterocycles. The van der Waals surface area contributed by atoms with Gasteiger partial charge in [-0.05, 0) is 75.1 Å². The maximum Gasteiger partial charge on any atom is 0.222 e. The second kappa shape index (κ2) is 10.0. The molecule has 0 N–H and O–H groups in total. The fourth-order valence-corrected chi connectivity index (χ4v) is 4.53. The van der Waals surface area contributed by atoms with Gasteiger partial charge in [-0.25, -0.2) is 0 Å². The second-order valence-electron chi connectivity index (χ2n) is 8.76. The fourth-order valence-electron chi connectivity index (χ4n) is 4.53. The number of piperidine rings is 1. The third kappa shape index (κ3) is 5.33. The Morgan fingerprint density at radius 3 is 2.39 bits per heavy atom. The van der Waals surface area contributed by atoms with Crippen LogP contribution in [-0.2, 0) is 18.3 Å². The number of Topliss-reactive ketones (excluding diaryl/α,β-unsaturated/α-hetero) is 1. The van der Waals surface area contributed by atoms with Crippen molar-refractivity contribution in [2.75, 3.05) is 13.1 Å². The largest absolute Gasteiger partial charge is 0.457 e. The molecule has 1 atom stereocenters. The first kappa shape index (κ1) is 22.8. The highest BCUT2D eigenvalue weighted by atomic mass is 16.5. The predicted octanol–water partition coefficient (Wildman–Crippen LogP) is 4.88. The summed E-state index contributed by atoms with van der Waals surface area (Å²) >= 11 is 0. The van der Waals surface area contributed by atoms with Gasteiger partial charge in [0, 0.05) is 43.7 Å². The van der Waals surface area contributed by atoms with Crippen LogP contribution in [0.4, 0.5) is 0 Å². The highest BCUT2D eigenvalue weighted by Gasteiger charge is 2.29. The van der Waals surface area contributed by atoms with Crippen LogP contribution in [-0.4, -0.2) is 39.5 Å². The smallest absolute Gasteiger partial charge is 0.222 e. The van der Waals surface area contributed by atoms with E-state index in [-0.39, 0.29) is 17.6 Å². The average molecular weight is 446 g/mol. The number of aromatic nitrogens is 2. The van der Waals surface area contributed by atoms with Crippen LogP contribution in [0.1, 0.15) is 46.6 Å². The van der Waals surface area contributed by atoms with Crippen molar-refractivity contribution in [2.45, 2.75) is 39.5 Å². The number of carbonyl (C=O) groups excluding carboxylic acids is 2. The summed E-state index contributed by atoms with van der Waals surface area (Å²) in [6.45, 7) is 5.23. The molecule has 33 heavy (non-hydrogen) atoms. The first-order chi connectivity index (χ1) is 15.9. The van der Waals surface area contributed by atoms with E-state index in [0.717, 1.165) is 42.1 Å². The third-order valence-corrected chi connectivity index (χ3v) is 6.51. The van der Waals surface area contributed by atoms with Crippen molar-refractivity contribution in [1.29, 1.82) is 0 Å². The van der Waals surface area contributed by atoms with E-state index in [4.69, 9.17) is 4.74 Å². The van der Waals surface area contributed by atoms with E-state index in [9.17, 15) is 9.59 Å². The van der Waals surface area contributed by atoms with Crippen molar-refractivity contribution in [3.63, 3.8) is 0 Å². The Bertz CT molecular complexity index is 1120. The minimum atomic E-state index is -0.162. The van der Waals surface area contributed by atoms with Crippen LogP contribution < -0.4 is 4.74 Å². The van der Waals surface area contributed by atoms with Gasteiger partial charge in [-0.15, -0.1) is 0 Å². The Morgan fingerprint density at radius 1 is 1.03 bits per heavy atom. The normalized spacial score (nSPS) is 16.0. The zero-order chi connectivity index (χ0) is 23.4. The quantitative estimate of drug-likeness (QED) is 0.486. The number of aryl methyl sites for hydroxylation is 2. The molecule has 6 heteroatoms. The van der Waals surface area contributed by atoms with E-state index < -0.39 is 0 Å². The van der Waals surface area contributed by atoms with Crippen molar-refractivity contribution in [2.24, 2.45) is 13.0 Å². The van der Waals surface area contributed by atoms with Gasteiger partial charge in [0.1, 0.15) is 11.5 Å². The van der Waals surface area contributed by atoms with Gasteiger partial charge < -0.3 is 9.64 Å². The van der Waals surface area contributed by atoms with Crippen LogP contribution in [0.2, 0.25) is 0 Å². The highest BCUT2D eigenvalue weighted by molar-refractivity contribution is 5.98. The lowest BCUT2D eigenvalue weighted by Gasteiger charge is -2.32. The zero-order valence-electron chi connectivity index (χ0n) is 19.6. The van der Waals surface area contributed by atoms with Crippen LogP contribution in [0.15, 0.2) is 54.6 Å². The van der Waals surface area contributed by atoms with E-state index in [2.05, 4.69) is 5.10 Å². The fraction of sp³-hybridized carbons (Fsp3) is 0.370. The van der Waals surface area contributed by atoms with E-state index in [1.54, 1.807) is 0 Å². The van der Waals surface area contributed by atoms with Gasteiger partial charge in [0.2, 0.25) is 5.91 Å². The second-order valence-corrected chi connectivity index (χ2v) is 8.76. The average Bonchev–Trinajstić information content (AvgIpc) is 3.08. The van der Waals surface area contributed by atoms with Crippen molar-refractivity contribution in [1.82, 2.24) is 14.7 Å². The maximum absolute atomic E-state index is 13.1. The molecule has 1 aliphatic heterocycles. The number of carbonyl (C=O) groups is 2. The first-order valence-electron chi connectivity index (χ1n) is 11.6. The number of rotatable bonds is 7. The molecule has 1 saturated heterocycles. The minimum Gasteiger partial charge on any atom is -0.457 e. The standard InChI is InChI=1S/C27H31N3O3/c1-19-25(20(2)29(3)28-19)15-16-26(31)30-17-7-8-22(18-30)27(32)21-11-13-24(14-12-21)33-23-9-5-4-6-10-23/h4-6,9-14,22H,7-8,15-18H2,1-3H3. The van der Waals surface area contributed by atoms with Gasteiger partial charge in [-0.1, -0.05) is 18.2 Å². The van der Waals surface area contributed by atoms with Crippen LogP contribution in [0.3, 0.4) is 0 Å². The van der Waals surface area contributed by atoms with Crippen LogP contribution >= 0.6 is 0 Å². The molecule has 0 bridgehead atoms. The van der Waals surface area contributed by atoms with Crippen LogP contribution in [0, 0.1) is 19.8 Å². The molecule has 1 unspecified atom stereocenters. The molecule has 1 fully saturated rings. The van der Waals surface area contributed by atoms with E-state index in [1.165, 1.54) is 0 Å². The molecule has 0 saturated carbocycles. The van der Waals surface area contributed by atoms with E-state index in [1.807, 2.05) is 85.1 Å². The van der Waals surface area contributed by atoms with Crippen molar-refractivity contribution in [3.8, 4) is 11.5 Å². The number of nitrogens with zero attached hydrogens (tertiary/aromatic N) is 3. The summed E-state index contributed by atoms with van der Waals surface area (Å²) in [5.41, 5.74) is 3.89. The van der Waals surface area contributed by atoms with Crippen LogP contribution in [0.25, 0.3) is 0 Å². The summed E-state index contributed by atoms with van der Waals surface area (Å²) in [6, 6.07) is 16.8. The lowest BCUT2D eigenvalue weighted by atomic mass is 9.89. The number of ether oxygens (including phenoxy) is 1. The Hall–Kier alpha value is -3.41. The molecule has 0 aliphatic carbocycles. The molecule has 172 valence electrons. The lowest BCUT2D eigenvalue weighted by molar-refractivity contribution is -0.132. The molecule has 0 spiro atoms. The topological polar surface area (TPSA) is 64.4 Å². The highest BCUT2D eigenvalue weighted by Crippen LogP contribution is 2.25. The first-order valence-corrected chi connectivity index (χ1v) is 11.6. The number of likely N-dealkylation sites (tertiary alicyclic amines) is 1. The van der Waals surface area contributed by atoms with Gasteiger partial charge in [-0.2, -0.15) is 5.10 Å². The molecule has 1 amide bonds.